The zero-order chi connectivity index (χ0) is 18.8. The van der Waals surface area contributed by atoms with Crippen LogP contribution in [0, 0.1) is 0 Å². The maximum atomic E-state index is 12.3. The third-order valence-corrected chi connectivity index (χ3v) is 5.23. The van der Waals surface area contributed by atoms with Gasteiger partial charge in [-0.05, 0) is 31.2 Å². The van der Waals surface area contributed by atoms with Gasteiger partial charge in [-0.2, -0.15) is 0 Å². The van der Waals surface area contributed by atoms with Crippen molar-refractivity contribution in [3.8, 4) is 11.4 Å². The van der Waals surface area contributed by atoms with Crippen LogP contribution in [-0.4, -0.2) is 31.8 Å². The molecule has 0 unspecified atom stereocenters. The van der Waals surface area contributed by atoms with Crippen molar-refractivity contribution >= 4 is 22.7 Å². The van der Waals surface area contributed by atoms with Crippen LogP contribution in [0.3, 0.4) is 0 Å². The fraction of sp³-hybridized carbons (Fsp3) is 0.158. The number of nitrogens with zero attached hydrogens (tertiary/aromatic N) is 4. The Morgan fingerprint density at radius 3 is 2.78 bits per heavy atom. The molecule has 8 heteroatoms. The normalized spacial score (nSPS) is 12.2. The zero-order valence-electron chi connectivity index (χ0n) is 14.8. The van der Waals surface area contributed by atoms with Gasteiger partial charge in [-0.15, -0.1) is 10.2 Å². The number of hydrogen-bond acceptors (Lipinski definition) is 6. The van der Waals surface area contributed by atoms with E-state index in [0.29, 0.717) is 21.9 Å². The highest BCUT2D eigenvalue weighted by Gasteiger charge is 2.18. The first kappa shape index (κ1) is 17.3. The van der Waals surface area contributed by atoms with Gasteiger partial charge >= 0.3 is 0 Å². The molecule has 4 rings (SSSR count). The number of fused-ring (bicyclic) bond motifs is 1. The van der Waals surface area contributed by atoms with Crippen molar-refractivity contribution in [1.82, 2.24) is 24.7 Å². The van der Waals surface area contributed by atoms with Gasteiger partial charge in [0.15, 0.2) is 5.16 Å². The van der Waals surface area contributed by atoms with Crippen molar-refractivity contribution in [2.45, 2.75) is 17.3 Å². The second kappa shape index (κ2) is 7.24. The van der Waals surface area contributed by atoms with E-state index < -0.39 is 0 Å². The van der Waals surface area contributed by atoms with Gasteiger partial charge in [0.25, 0.3) is 5.56 Å². The van der Waals surface area contributed by atoms with Crippen LogP contribution in [0.15, 0.2) is 64.8 Å². The van der Waals surface area contributed by atoms with Crippen LogP contribution in [0.1, 0.15) is 18.0 Å². The minimum Gasteiger partial charge on any atom is -0.495 e. The highest BCUT2D eigenvalue weighted by molar-refractivity contribution is 7.99. The van der Waals surface area contributed by atoms with E-state index in [4.69, 9.17) is 4.74 Å². The molecule has 0 radical (unpaired) electrons. The average molecular weight is 379 g/mol. The lowest BCUT2D eigenvalue weighted by molar-refractivity contribution is 0.412. The Morgan fingerprint density at radius 1 is 1.15 bits per heavy atom. The Kier molecular flexibility index (Phi) is 4.64. The van der Waals surface area contributed by atoms with Gasteiger partial charge in [-0.3, -0.25) is 9.36 Å². The van der Waals surface area contributed by atoms with Crippen molar-refractivity contribution in [2.24, 2.45) is 0 Å². The van der Waals surface area contributed by atoms with Crippen LogP contribution < -0.4 is 10.3 Å². The first-order valence-electron chi connectivity index (χ1n) is 8.36. The Balaban J connectivity index is 1.68. The van der Waals surface area contributed by atoms with E-state index in [0.717, 1.165) is 11.4 Å². The van der Waals surface area contributed by atoms with Crippen LogP contribution in [0.4, 0.5) is 0 Å². The lowest BCUT2D eigenvalue weighted by Crippen LogP contribution is -2.13. The van der Waals surface area contributed by atoms with E-state index in [2.05, 4.69) is 20.2 Å². The number of H-pyrrole nitrogens is 1. The molecule has 0 fully saturated rings. The molecule has 0 aliphatic heterocycles. The molecule has 27 heavy (non-hydrogen) atoms. The molecule has 1 atom stereocenters. The first-order valence-corrected chi connectivity index (χ1v) is 9.24. The summed E-state index contributed by atoms with van der Waals surface area (Å²) in [6, 6.07) is 15.0. The molecule has 2 aromatic carbocycles. The summed E-state index contributed by atoms with van der Waals surface area (Å²) in [5.41, 5.74) is 1.38. The topological polar surface area (TPSA) is 85.7 Å². The maximum Gasteiger partial charge on any atom is 0.258 e. The van der Waals surface area contributed by atoms with Gasteiger partial charge in [-0.1, -0.05) is 36.0 Å². The fourth-order valence-corrected chi connectivity index (χ4v) is 3.70. The van der Waals surface area contributed by atoms with E-state index in [1.165, 1.54) is 11.8 Å². The van der Waals surface area contributed by atoms with E-state index in [1.54, 1.807) is 19.5 Å². The second-order valence-electron chi connectivity index (χ2n) is 5.88. The number of ether oxygens (including phenoxy) is 1. The van der Waals surface area contributed by atoms with Gasteiger partial charge in [0.05, 0.1) is 29.0 Å². The van der Waals surface area contributed by atoms with Crippen molar-refractivity contribution in [3.05, 3.63) is 71.0 Å². The van der Waals surface area contributed by atoms with Gasteiger partial charge in [0, 0.05) is 0 Å². The smallest absolute Gasteiger partial charge is 0.258 e. The number of rotatable bonds is 5. The molecule has 1 N–H and O–H groups in total. The van der Waals surface area contributed by atoms with E-state index >= 15 is 0 Å². The lowest BCUT2D eigenvalue weighted by atomic mass is 10.2. The molecule has 2 heterocycles. The van der Waals surface area contributed by atoms with Crippen molar-refractivity contribution < 1.29 is 4.74 Å². The minimum absolute atomic E-state index is 0.125. The summed E-state index contributed by atoms with van der Waals surface area (Å²) in [5, 5.41) is 9.39. The third kappa shape index (κ3) is 3.31. The molecule has 0 amide bonds. The number of thioether (sulfide) groups is 1. The molecular formula is C19H17N5O2S. The molecule has 0 bridgehead atoms. The number of nitrogens with one attached hydrogen (secondary N) is 1. The number of hydrogen-bond donors (Lipinski definition) is 1. The molecule has 7 nitrogen and oxygen atoms in total. The number of benzene rings is 2. The van der Waals surface area contributed by atoms with E-state index in [1.807, 2.05) is 54.0 Å². The van der Waals surface area contributed by atoms with Crippen LogP contribution in [0.5, 0.6) is 5.75 Å². The molecule has 136 valence electrons. The molecular weight excluding hydrogens is 362 g/mol. The Morgan fingerprint density at radius 2 is 1.93 bits per heavy atom. The molecule has 2 aromatic heterocycles. The van der Waals surface area contributed by atoms with Crippen LogP contribution in [0.25, 0.3) is 16.6 Å². The summed E-state index contributed by atoms with van der Waals surface area (Å²) in [6.45, 7) is 1.97. The number of methoxy groups -OCH3 is 1. The minimum atomic E-state index is -0.144. The van der Waals surface area contributed by atoms with Crippen LogP contribution in [-0.2, 0) is 0 Å². The zero-order valence-corrected chi connectivity index (χ0v) is 15.6. The molecule has 0 saturated carbocycles. The fourth-order valence-electron chi connectivity index (χ4n) is 2.81. The molecule has 0 spiro atoms. The third-order valence-electron chi connectivity index (χ3n) is 4.16. The van der Waals surface area contributed by atoms with Crippen molar-refractivity contribution in [2.75, 3.05) is 7.11 Å². The number of para-hydroxylation sites is 3. The highest BCUT2D eigenvalue weighted by Crippen LogP contribution is 2.34. The summed E-state index contributed by atoms with van der Waals surface area (Å²) in [4.78, 5) is 19.8. The number of aromatic amines is 1. The first-order chi connectivity index (χ1) is 13.2. The average Bonchev–Trinajstić information content (AvgIpc) is 3.15. The Labute approximate surface area is 159 Å². The van der Waals surface area contributed by atoms with Gasteiger partial charge < -0.3 is 9.72 Å². The van der Waals surface area contributed by atoms with Crippen LogP contribution >= 0.6 is 11.8 Å². The monoisotopic (exact) mass is 379 g/mol. The maximum absolute atomic E-state index is 12.3. The molecule has 0 saturated heterocycles. The van der Waals surface area contributed by atoms with Gasteiger partial charge in [0.2, 0.25) is 0 Å². The van der Waals surface area contributed by atoms with Crippen molar-refractivity contribution in [3.63, 3.8) is 0 Å². The SMILES string of the molecule is COc1ccccc1-n1cnnc1S[C@@H](C)c1nc2ccccc2c(=O)[nH]1. The summed E-state index contributed by atoms with van der Waals surface area (Å²) in [6.07, 6.45) is 1.64. The summed E-state index contributed by atoms with van der Waals surface area (Å²) in [7, 11) is 1.63. The Bertz CT molecular complexity index is 1150. The van der Waals surface area contributed by atoms with E-state index in [9.17, 15) is 4.79 Å². The predicted octanol–water partition coefficient (Wildman–Crippen LogP) is 3.37. The largest absolute Gasteiger partial charge is 0.495 e. The molecule has 4 aromatic rings. The summed E-state index contributed by atoms with van der Waals surface area (Å²) >= 11 is 1.46. The van der Waals surface area contributed by atoms with Crippen molar-refractivity contribution in [1.29, 1.82) is 0 Å². The summed E-state index contributed by atoms with van der Waals surface area (Å²) in [5.74, 6) is 1.32. The molecule has 0 aliphatic carbocycles. The number of aromatic nitrogens is 5. The molecule has 0 aliphatic rings. The lowest BCUT2D eigenvalue weighted by Gasteiger charge is -2.13. The van der Waals surface area contributed by atoms with E-state index in [-0.39, 0.29) is 10.8 Å². The quantitative estimate of drug-likeness (QED) is 0.535. The second-order valence-corrected chi connectivity index (χ2v) is 7.19. The summed E-state index contributed by atoms with van der Waals surface area (Å²) < 4.78 is 7.29. The van der Waals surface area contributed by atoms with Crippen LogP contribution in [0.2, 0.25) is 0 Å². The predicted molar refractivity (Wildman–Crippen MR) is 105 cm³/mol. The highest BCUT2D eigenvalue weighted by atomic mass is 32.2. The Hall–Kier alpha value is -3.13. The standard InChI is InChI=1S/C19H17N5O2S/c1-12(17-21-14-8-4-3-7-13(14)18(25)22-17)27-19-23-20-11-24(19)15-9-5-6-10-16(15)26-2/h3-12H,1-2H3,(H,21,22,25)/t12-/m0/s1. The van der Waals surface area contributed by atoms with Gasteiger partial charge in [0.1, 0.15) is 17.9 Å². The van der Waals surface area contributed by atoms with Gasteiger partial charge in [-0.25, -0.2) is 4.98 Å².